The van der Waals surface area contributed by atoms with Crippen LogP contribution in [0.3, 0.4) is 0 Å². The Hall–Kier alpha value is -2.21. The van der Waals surface area contributed by atoms with Crippen LogP contribution in [0, 0.1) is 0 Å². The standard InChI is InChI=1S/C14H23FN2O4.C2HF3O2/c1-3-9(4-2)21-11-6-8(14(19)20)5-10(16)13(11)17-12(18)7-15;3-2(4,5)1(6)7/h6,9-11,13H,3-5,7,16H2,1-2H3,(H,17,18)(H,19,20);(H,6,7)/t10-,11+,13+;/m0./s1. The summed E-state index contributed by atoms with van der Waals surface area (Å²) >= 11 is 0. The van der Waals surface area contributed by atoms with Crippen molar-refractivity contribution in [3.05, 3.63) is 11.6 Å². The van der Waals surface area contributed by atoms with E-state index in [9.17, 15) is 27.2 Å². The minimum absolute atomic E-state index is 0.0728. The van der Waals surface area contributed by atoms with Crippen molar-refractivity contribution in [2.45, 2.75) is 63.6 Å². The summed E-state index contributed by atoms with van der Waals surface area (Å²) in [6.07, 6.45) is -2.75. The van der Waals surface area contributed by atoms with Gasteiger partial charge in [-0.2, -0.15) is 13.2 Å². The minimum atomic E-state index is -5.08. The molecule has 0 aromatic rings. The van der Waals surface area contributed by atoms with E-state index in [0.717, 1.165) is 12.8 Å². The lowest BCUT2D eigenvalue weighted by Crippen LogP contribution is -2.57. The van der Waals surface area contributed by atoms with Gasteiger partial charge in [0.25, 0.3) is 5.91 Å². The molecule has 1 rings (SSSR count). The highest BCUT2D eigenvalue weighted by atomic mass is 19.4. The molecule has 162 valence electrons. The summed E-state index contributed by atoms with van der Waals surface area (Å²) in [7, 11) is 0. The molecule has 8 nitrogen and oxygen atoms in total. The minimum Gasteiger partial charge on any atom is -0.478 e. The molecule has 12 heteroatoms. The number of aliphatic carboxylic acids is 2. The smallest absolute Gasteiger partial charge is 0.478 e. The maximum atomic E-state index is 12.4. The van der Waals surface area contributed by atoms with Crippen LogP contribution in [0.2, 0.25) is 0 Å². The second kappa shape index (κ2) is 11.6. The lowest BCUT2D eigenvalue weighted by atomic mass is 9.88. The number of hydrogen-bond donors (Lipinski definition) is 4. The number of carbonyl (C=O) groups excluding carboxylic acids is 1. The van der Waals surface area contributed by atoms with Crippen molar-refractivity contribution in [1.29, 1.82) is 0 Å². The van der Waals surface area contributed by atoms with E-state index in [2.05, 4.69) is 5.32 Å². The predicted molar refractivity (Wildman–Crippen MR) is 89.2 cm³/mol. The number of carboxylic acid groups (broad SMARTS) is 2. The summed E-state index contributed by atoms with van der Waals surface area (Å²) in [6.45, 7) is 2.76. The molecule has 0 aromatic heterocycles. The van der Waals surface area contributed by atoms with Gasteiger partial charge in [0.2, 0.25) is 0 Å². The number of hydrogen-bond acceptors (Lipinski definition) is 5. The van der Waals surface area contributed by atoms with E-state index in [4.69, 9.17) is 25.5 Å². The highest BCUT2D eigenvalue weighted by Crippen LogP contribution is 2.23. The first-order valence-electron chi connectivity index (χ1n) is 8.37. The Balaban J connectivity index is 0.000000887. The summed E-state index contributed by atoms with van der Waals surface area (Å²) in [6, 6.07) is -1.26. The molecule has 0 saturated heterocycles. The molecule has 28 heavy (non-hydrogen) atoms. The zero-order valence-corrected chi connectivity index (χ0v) is 15.3. The summed E-state index contributed by atoms with van der Waals surface area (Å²) in [5.41, 5.74) is 6.09. The molecule has 0 saturated carbocycles. The Labute approximate surface area is 158 Å². The summed E-state index contributed by atoms with van der Waals surface area (Å²) < 4.78 is 50.0. The van der Waals surface area contributed by atoms with Crippen LogP contribution in [0.4, 0.5) is 17.6 Å². The molecule has 0 spiro atoms. The number of amides is 1. The monoisotopic (exact) mass is 416 g/mol. The van der Waals surface area contributed by atoms with E-state index in [1.54, 1.807) is 0 Å². The predicted octanol–water partition coefficient (Wildman–Crippen LogP) is 1.39. The van der Waals surface area contributed by atoms with Crippen LogP contribution in [-0.4, -0.2) is 65.2 Å². The van der Waals surface area contributed by atoms with E-state index in [0.29, 0.717) is 0 Å². The average Bonchev–Trinajstić information content (AvgIpc) is 2.61. The molecule has 0 aliphatic heterocycles. The van der Waals surface area contributed by atoms with Crippen LogP contribution in [-0.2, 0) is 19.1 Å². The van der Waals surface area contributed by atoms with Gasteiger partial charge < -0.3 is 26.0 Å². The van der Waals surface area contributed by atoms with Gasteiger partial charge in [-0.15, -0.1) is 0 Å². The van der Waals surface area contributed by atoms with Crippen molar-refractivity contribution in [2.75, 3.05) is 6.67 Å². The highest BCUT2D eigenvalue weighted by Gasteiger charge is 2.38. The first-order chi connectivity index (χ1) is 12.9. The third-order valence-corrected chi connectivity index (χ3v) is 3.86. The first-order valence-corrected chi connectivity index (χ1v) is 8.37. The third kappa shape index (κ3) is 8.65. The zero-order valence-electron chi connectivity index (χ0n) is 15.3. The van der Waals surface area contributed by atoms with Crippen LogP contribution in [0.1, 0.15) is 33.1 Å². The molecule has 3 atom stereocenters. The number of nitrogens with two attached hydrogens (primary N) is 1. The number of nitrogens with one attached hydrogen (secondary N) is 1. The molecular formula is C16H24F4N2O6. The lowest BCUT2D eigenvalue weighted by molar-refractivity contribution is -0.192. The van der Waals surface area contributed by atoms with Crippen LogP contribution < -0.4 is 11.1 Å². The Morgan fingerprint density at radius 3 is 2.14 bits per heavy atom. The quantitative estimate of drug-likeness (QED) is 0.460. The van der Waals surface area contributed by atoms with Gasteiger partial charge in [0, 0.05) is 11.6 Å². The van der Waals surface area contributed by atoms with Crippen molar-refractivity contribution >= 4 is 17.8 Å². The van der Waals surface area contributed by atoms with Crippen molar-refractivity contribution in [2.24, 2.45) is 5.73 Å². The molecule has 5 N–H and O–H groups in total. The summed E-state index contributed by atoms with van der Waals surface area (Å²) in [5, 5.41) is 18.7. The molecule has 0 aromatic carbocycles. The van der Waals surface area contributed by atoms with Crippen molar-refractivity contribution < 1.29 is 46.9 Å². The molecule has 0 radical (unpaired) electrons. The summed E-state index contributed by atoms with van der Waals surface area (Å²) in [4.78, 5) is 31.3. The second-order valence-electron chi connectivity index (χ2n) is 5.93. The zero-order chi connectivity index (χ0) is 22.1. The molecule has 1 amide bonds. The van der Waals surface area contributed by atoms with Gasteiger partial charge in [0.05, 0.1) is 18.2 Å². The summed E-state index contributed by atoms with van der Waals surface area (Å²) in [5.74, 6) is -4.59. The van der Waals surface area contributed by atoms with E-state index in [-0.39, 0.29) is 18.1 Å². The number of halogens is 4. The normalized spacial score (nSPS) is 22.0. The average molecular weight is 416 g/mol. The molecule has 1 aliphatic carbocycles. The maximum Gasteiger partial charge on any atom is 0.490 e. The Morgan fingerprint density at radius 1 is 1.29 bits per heavy atom. The molecule has 0 heterocycles. The molecule has 0 fully saturated rings. The van der Waals surface area contributed by atoms with E-state index in [1.807, 2.05) is 13.8 Å². The fourth-order valence-corrected chi connectivity index (χ4v) is 2.39. The van der Waals surface area contributed by atoms with Crippen LogP contribution >= 0.6 is 0 Å². The maximum absolute atomic E-state index is 12.4. The second-order valence-corrected chi connectivity index (χ2v) is 5.93. The number of carboxylic acids is 2. The molecule has 1 aliphatic rings. The van der Waals surface area contributed by atoms with Gasteiger partial charge in [-0.3, -0.25) is 4.79 Å². The number of carbonyl (C=O) groups is 3. The Morgan fingerprint density at radius 2 is 1.79 bits per heavy atom. The van der Waals surface area contributed by atoms with Gasteiger partial charge in [0.15, 0.2) is 6.67 Å². The topological polar surface area (TPSA) is 139 Å². The van der Waals surface area contributed by atoms with E-state index < -0.39 is 48.9 Å². The fourth-order valence-electron chi connectivity index (χ4n) is 2.39. The Kier molecular flexibility index (Phi) is 10.7. The number of alkyl halides is 4. The first kappa shape index (κ1) is 25.8. The van der Waals surface area contributed by atoms with Crippen molar-refractivity contribution in [3.8, 4) is 0 Å². The molecular weight excluding hydrogens is 392 g/mol. The number of ether oxygens (including phenoxy) is 1. The van der Waals surface area contributed by atoms with Gasteiger partial charge >= 0.3 is 18.1 Å². The largest absolute Gasteiger partial charge is 0.490 e. The SMILES string of the molecule is CCC(CC)O[C@@H]1C=C(C(=O)O)C[C@H](N)[C@H]1NC(=O)CF.O=C(O)C(F)(F)F. The van der Waals surface area contributed by atoms with Crippen molar-refractivity contribution in [3.63, 3.8) is 0 Å². The van der Waals surface area contributed by atoms with E-state index >= 15 is 0 Å². The fraction of sp³-hybridized carbons (Fsp3) is 0.688. The van der Waals surface area contributed by atoms with Crippen LogP contribution in [0.25, 0.3) is 0 Å². The van der Waals surface area contributed by atoms with Gasteiger partial charge in [0.1, 0.15) is 0 Å². The van der Waals surface area contributed by atoms with Crippen LogP contribution in [0.5, 0.6) is 0 Å². The van der Waals surface area contributed by atoms with Gasteiger partial charge in [-0.05, 0) is 25.3 Å². The number of rotatable bonds is 7. The van der Waals surface area contributed by atoms with E-state index in [1.165, 1.54) is 6.08 Å². The Bertz CT molecular complexity index is 578. The van der Waals surface area contributed by atoms with Crippen LogP contribution in [0.15, 0.2) is 11.6 Å². The lowest BCUT2D eigenvalue weighted by Gasteiger charge is -2.36. The molecule has 0 bridgehead atoms. The molecule has 0 unspecified atom stereocenters. The van der Waals surface area contributed by atoms with Gasteiger partial charge in [-0.25, -0.2) is 14.0 Å². The highest BCUT2D eigenvalue weighted by molar-refractivity contribution is 5.87. The van der Waals surface area contributed by atoms with Crippen molar-refractivity contribution in [1.82, 2.24) is 5.32 Å². The van der Waals surface area contributed by atoms with Gasteiger partial charge in [-0.1, -0.05) is 13.8 Å². The third-order valence-electron chi connectivity index (χ3n) is 3.86.